The molecule has 0 spiro atoms. The first-order valence-electron chi connectivity index (χ1n) is 10.1. The quantitative estimate of drug-likeness (QED) is 0.732. The second-order valence-electron chi connectivity index (χ2n) is 7.72. The average molecular weight is 344 g/mol. The van der Waals surface area contributed by atoms with Crippen LogP contribution in [0.5, 0.6) is 0 Å². The van der Waals surface area contributed by atoms with Gasteiger partial charge in [-0.1, -0.05) is 37.6 Å². The van der Waals surface area contributed by atoms with Crippen LogP contribution in [0.1, 0.15) is 58.3 Å². The summed E-state index contributed by atoms with van der Waals surface area (Å²) in [6.07, 6.45) is 16.4. The van der Waals surface area contributed by atoms with Crippen LogP contribution in [0, 0.1) is 11.8 Å². The molecule has 0 aromatic carbocycles. The Labute approximate surface area is 151 Å². The molecule has 1 aliphatic heterocycles. The van der Waals surface area contributed by atoms with Crippen LogP contribution in [-0.4, -0.2) is 47.3 Å². The van der Waals surface area contributed by atoms with E-state index in [2.05, 4.69) is 36.1 Å². The Kier molecular flexibility index (Phi) is 6.33. The maximum Gasteiger partial charge on any atom is 0.226 e. The van der Waals surface area contributed by atoms with Crippen LogP contribution < -0.4 is 0 Å². The lowest BCUT2D eigenvalue weighted by atomic mass is 9.90. The zero-order valence-electron chi connectivity index (χ0n) is 15.5. The fraction of sp³-hybridized carbons (Fsp3) is 0.714. The number of rotatable bonds is 4. The number of hydrogen-bond donors (Lipinski definition) is 0. The maximum absolute atomic E-state index is 13.0. The molecular weight excluding hydrogens is 312 g/mol. The van der Waals surface area contributed by atoms with E-state index in [9.17, 15) is 9.59 Å². The predicted molar refractivity (Wildman–Crippen MR) is 100.0 cm³/mol. The van der Waals surface area contributed by atoms with Crippen molar-refractivity contribution in [1.82, 2.24) is 9.80 Å². The second-order valence-corrected chi connectivity index (χ2v) is 7.72. The highest BCUT2D eigenvalue weighted by atomic mass is 16.2. The molecule has 0 aromatic heterocycles. The fourth-order valence-corrected chi connectivity index (χ4v) is 4.45. The first-order chi connectivity index (χ1) is 12.2. The highest BCUT2D eigenvalue weighted by molar-refractivity contribution is 5.81. The highest BCUT2D eigenvalue weighted by Crippen LogP contribution is 2.26. The minimum Gasteiger partial charge on any atom is -0.339 e. The first-order valence-corrected chi connectivity index (χ1v) is 10.1. The van der Waals surface area contributed by atoms with E-state index in [-0.39, 0.29) is 17.9 Å². The smallest absolute Gasteiger partial charge is 0.226 e. The van der Waals surface area contributed by atoms with Crippen molar-refractivity contribution in [2.75, 3.05) is 19.6 Å². The van der Waals surface area contributed by atoms with Gasteiger partial charge >= 0.3 is 0 Å². The largest absolute Gasteiger partial charge is 0.339 e. The molecule has 3 aliphatic rings. The van der Waals surface area contributed by atoms with Gasteiger partial charge in [0.1, 0.15) is 0 Å². The van der Waals surface area contributed by atoms with Crippen LogP contribution in [0.3, 0.4) is 0 Å². The van der Waals surface area contributed by atoms with Gasteiger partial charge < -0.3 is 9.80 Å². The molecule has 2 aliphatic carbocycles. The molecular formula is C21H32N2O2. The zero-order valence-corrected chi connectivity index (χ0v) is 15.5. The van der Waals surface area contributed by atoms with Gasteiger partial charge in [0.15, 0.2) is 0 Å². The monoisotopic (exact) mass is 344 g/mol. The van der Waals surface area contributed by atoms with Crippen molar-refractivity contribution in [1.29, 1.82) is 0 Å². The SMILES string of the molecule is CCC[C@@H]1CN(C(=O)[C@@H]2CC=CCC2)CCN1C(=O)[C@@H]1CC=CCC1. The molecule has 4 nitrogen and oxygen atoms in total. The van der Waals surface area contributed by atoms with E-state index >= 15 is 0 Å². The number of carbonyl (C=O) groups excluding carboxylic acids is 2. The second kappa shape index (κ2) is 8.68. The van der Waals surface area contributed by atoms with Crippen LogP contribution in [0.15, 0.2) is 24.3 Å². The van der Waals surface area contributed by atoms with Gasteiger partial charge in [0.05, 0.1) is 0 Å². The van der Waals surface area contributed by atoms with Gasteiger partial charge in [0.2, 0.25) is 11.8 Å². The van der Waals surface area contributed by atoms with E-state index in [1.807, 2.05) is 4.90 Å². The summed E-state index contributed by atoms with van der Waals surface area (Å²) in [7, 11) is 0. The Morgan fingerprint density at radius 3 is 2.12 bits per heavy atom. The van der Waals surface area contributed by atoms with E-state index in [1.54, 1.807) is 0 Å². The van der Waals surface area contributed by atoms with E-state index in [0.29, 0.717) is 24.9 Å². The van der Waals surface area contributed by atoms with Gasteiger partial charge in [-0.15, -0.1) is 0 Å². The molecule has 3 rings (SSSR count). The summed E-state index contributed by atoms with van der Waals surface area (Å²) in [5.41, 5.74) is 0. The van der Waals surface area contributed by atoms with Gasteiger partial charge in [0.25, 0.3) is 0 Å². The molecule has 4 heteroatoms. The Hall–Kier alpha value is -1.58. The Balaban J connectivity index is 1.63. The Bertz CT molecular complexity index is 540. The molecule has 0 unspecified atom stereocenters. The lowest BCUT2D eigenvalue weighted by molar-refractivity contribution is -0.148. The lowest BCUT2D eigenvalue weighted by Crippen LogP contribution is -2.58. The molecule has 138 valence electrons. The number of carbonyl (C=O) groups is 2. The van der Waals surface area contributed by atoms with Crippen LogP contribution in [-0.2, 0) is 9.59 Å². The van der Waals surface area contributed by atoms with E-state index in [1.165, 1.54) is 0 Å². The van der Waals surface area contributed by atoms with Crippen molar-refractivity contribution in [3.8, 4) is 0 Å². The summed E-state index contributed by atoms with van der Waals surface area (Å²) < 4.78 is 0. The first kappa shape index (κ1) is 18.2. The highest BCUT2D eigenvalue weighted by Gasteiger charge is 2.36. The summed E-state index contributed by atoms with van der Waals surface area (Å²) >= 11 is 0. The predicted octanol–water partition coefficient (Wildman–Crippen LogP) is 3.54. The van der Waals surface area contributed by atoms with Crippen molar-refractivity contribution in [2.24, 2.45) is 11.8 Å². The van der Waals surface area contributed by atoms with Crippen molar-refractivity contribution in [2.45, 2.75) is 64.3 Å². The van der Waals surface area contributed by atoms with Crippen molar-refractivity contribution in [3.63, 3.8) is 0 Å². The number of nitrogens with zero attached hydrogens (tertiary/aromatic N) is 2. The van der Waals surface area contributed by atoms with Crippen molar-refractivity contribution in [3.05, 3.63) is 24.3 Å². The van der Waals surface area contributed by atoms with Crippen LogP contribution in [0.2, 0.25) is 0 Å². The van der Waals surface area contributed by atoms with Gasteiger partial charge in [-0.3, -0.25) is 9.59 Å². The van der Waals surface area contributed by atoms with Crippen molar-refractivity contribution < 1.29 is 9.59 Å². The van der Waals surface area contributed by atoms with Crippen molar-refractivity contribution >= 4 is 11.8 Å². The minimum absolute atomic E-state index is 0.148. The van der Waals surface area contributed by atoms with Gasteiger partial charge in [0, 0.05) is 37.5 Å². The third-order valence-corrected chi connectivity index (χ3v) is 5.94. The summed E-state index contributed by atoms with van der Waals surface area (Å²) in [4.78, 5) is 30.0. The molecule has 1 saturated heterocycles. The normalized spacial score (nSPS) is 29.7. The average Bonchev–Trinajstić information content (AvgIpc) is 2.68. The van der Waals surface area contributed by atoms with E-state index < -0.39 is 0 Å². The van der Waals surface area contributed by atoms with Crippen LogP contribution in [0.25, 0.3) is 0 Å². The van der Waals surface area contributed by atoms with Gasteiger partial charge in [-0.25, -0.2) is 0 Å². The summed E-state index contributed by atoms with van der Waals surface area (Å²) in [6.45, 7) is 4.30. The topological polar surface area (TPSA) is 40.6 Å². The molecule has 0 N–H and O–H groups in total. The van der Waals surface area contributed by atoms with Crippen LogP contribution >= 0.6 is 0 Å². The Morgan fingerprint density at radius 2 is 1.56 bits per heavy atom. The van der Waals surface area contributed by atoms with Crippen LogP contribution in [0.4, 0.5) is 0 Å². The molecule has 3 atom stereocenters. The summed E-state index contributed by atoms with van der Waals surface area (Å²) in [6, 6.07) is 0.195. The van der Waals surface area contributed by atoms with Gasteiger partial charge in [-0.05, 0) is 44.9 Å². The molecule has 0 bridgehead atoms. The number of allylic oxidation sites excluding steroid dienone is 4. The molecule has 1 fully saturated rings. The van der Waals surface area contributed by atoms with E-state index in [4.69, 9.17) is 0 Å². The third-order valence-electron chi connectivity index (χ3n) is 5.94. The van der Waals surface area contributed by atoms with E-state index in [0.717, 1.165) is 57.9 Å². The number of piperazine rings is 1. The lowest BCUT2D eigenvalue weighted by Gasteiger charge is -2.44. The number of amides is 2. The third kappa shape index (κ3) is 4.34. The molecule has 1 heterocycles. The summed E-state index contributed by atoms with van der Waals surface area (Å²) in [5.74, 6) is 0.918. The van der Waals surface area contributed by atoms with Gasteiger partial charge in [-0.2, -0.15) is 0 Å². The standard InChI is InChI=1S/C21H32N2O2/c1-2-9-19-16-22(20(24)17-10-5-3-6-11-17)14-15-23(19)21(25)18-12-7-4-8-13-18/h3-5,7,17-19H,2,6,8-16H2,1H3/t17-,18-,19-/m1/s1. The fourth-order valence-electron chi connectivity index (χ4n) is 4.45. The Morgan fingerprint density at radius 1 is 0.920 bits per heavy atom. The maximum atomic E-state index is 13.0. The number of hydrogen-bond acceptors (Lipinski definition) is 2. The molecule has 0 radical (unpaired) electrons. The minimum atomic E-state index is 0.148. The molecule has 2 amide bonds. The zero-order chi connectivity index (χ0) is 17.6. The molecule has 0 aromatic rings. The molecule has 25 heavy (non-hydrogen) atoms. The molecule has 0 saturated carbocycles. The summed E-state index contributed by atoms with van der Waals surface area (Å²) in [5, 5.41) is 0.